The van der Waals surface area contributed by atoms with Crippen LogP contribution in [0.5, 0.6) is 0 Å². The summed E-state index contributed by atoms with van der Waals surface area (Å²) in [5, 5.41) is 11.2. The first-order chi connectivity index (χ1) is 8.20. The lowest BCUT2D eigenvalue weighted by Gasteiger charge is -2.04. The Morgan fingerprint density at radius 2 is 2.06 bits per heavy atom. The second kappa shape index (κ2) is 9.41. The second-order valence-corrected chi connectivity index (χ2v) is 3.70. The van der Waals surface area contributed by atoms with Gasteiger partial charge in [-0.05, 0) is 25.0 Å². The van der Waals surface area contributed by atoms with E-state index in [1.807, 2.05) is 0 Å². The number of halogens is 1. The number of carbonyl (C=O) groups is 2. The van der Waals surface area contributed by atoms with Crippen molar-refractivity contribution in [1.29, 1.82) is 0 Å². The zero-order chi connectivity index (χ0) is 12.5. The van der Waals surface area contributed by atoms with Gasteiger partial charge in [0.25, 0.3) is 5.91 Å². The fourth-order valence-electron chi connectivity index (χ4n) is 1.38. The van der Waals surface area contributed by atoms with Gasteiger partial charge in [-0.1, -0.05) is 6.42 Å². The van der Waals surface area contributed by atoms with Gasteiger partial charge in [0.1, 0.15) is 0 Å². The van der Waals surface area contributed by atoms with E-state index < -0.39 is 5.97 Å². The molecule has 0 aliphatic carbocycles. The van der Waals surface area contributed by atoms with Crippen molar-refractivity contribution in [2.24, 2.45) is 0 Å². The van der Waals surface area contributed by atoms with Gasteiger partial charge in [-0.25, -0.2) is 0 Å². The molecule has 0 spiro atoms. The lowest BCUT2D eigenvalue weighted by atomic mass is 10.2. The van der Waals surface area contributed by atoms with Crippen LogP contribution in [0.4, 0.5) is 0 Å². The second-order valence-electron chi connectivity index (χ2n) is 3.70. The van der Waals surface area contributed by atoms with Crippen molar-refractivity contribution >= 4 is 24.3 Å². The number of pyridine rings is 1. The summed E-state index contributed by atoms with van der Waals surface area (Å²) in [7, 11) is 0. The molecule has 0 atom stereocenters. The van der Waals surface area contributed by atoms with Crippen molar-refractivity contribution in [3.63, 3.8) is 0 Å². The van der Waals surface area contributed by atoms with Gasteiger partial charge in [0.15, 0.2) is 0 Å². The van der Waals surface area contributed by atoms with Gasteiger partial charge in [0.05, 0.1) is 5.56 Å². The highest BCUT2D eigenvalue weighted by Gasteiger charge is 2.03. The van der Waals surface area contributed by atoms with Crippen LogP contribution in [0.2, 0.25) is 0 Å². The van der Waals surface area contributed by atoms with Crippen molar-refractivity contribution in [3.8, 4) is 0 Å². The fraction of sp³-hybridized carbons (Fsp3) is 0.417. The van der Waals surface area contributed by atoms with E-state index in [2.05, 4.69) is 10.3 Å². The molecule has 0 aliphatic rings. The van der Waals surface area contributed by atoms with Gasteiger partial charge in [-0.3, -0.25) is 14.6 Å². The number of amides is 1. The number of nitrogens with one attached hydrogen (secondary N) is 1. The van der Waals surface area contributed by atoms with Gasteiger partial charge in [0, 0.05) is 25.4 Å². The molecule has 0 saturated carbocycles. The van der Waals surface area contributed by atoms with Gasteiger partial charge in [-0.2, -0.15) is 0 Å². The minimum atomic E-state index is -0.774. The average molecular weight is 273 g/mol. The van der Waals surface area contributed by atoms with Crippen molar-refractivity contribution in [2.45, 2.75) is 25.7 Å². The van der Waals surface area contributed by atoms with Crippen LogP contribution in [0.25, 0.3) is 0 Å². The van der Waals surface area contributed by atoms with E-state index in [9.17, 15) is 9.59 Å². The topological polar surface area (TPSA) is 79.3 Å². The number of unbranched alkanes of at least 4 members (excludes halogenated alkanes) is 2. The number of aliphatic carboxylic acids is 1. The molecule has 0 unspecified atom stereocenters. The molecule has 2 N–H and O–H groups in total. The van der Waals surface area contributed by atoms with Crippen molar-refractivity contribution in [2.75, 3.05) is 6.54 Å². The highest BCUT2D eigenvalue weighted by atomic mass is 35.5. The molecule has 1 aromatic rings. The molecule has 6 heteroatoms. The maximum Gasteiger partial charge on any atom is 0.303 e. The van der Waals surface area contributed by atoms with Crippen LogP contribution in [-0.2, 0) is 4.79 Å². The molecular formula is C12H17ClN2O3. The predicted octanol–water partition coefficient (Wildman–Crippen LogP) is 1.88. The summed E-state index contributed by atoms with van der Waals surface area (Å²) in [6.07, 6.45) is 5.57. The van der Waals surface area contributed by atoms with E-state index in [-0.39, 0.29) is 24.7 Å². The first-order valence-corrected chi connectivity index (χ1v) is 5.60. The molecule has 1 amide bonds. The number of nitrogens with zero attached hydrogens (tertiary/aromatic N) is 1. The predicted molar refractivity (Wildman–Crippen MR) is 69.9 cm³/mol. The summed E-state index contributed by atoms with van der Waals surface area (Å²) in [5.74, 6) is -0.916. The average Bonchev–Trinajstić information content (AvgIpc) is 2.34. The van der Waals surface area contributed by atoms with Gasteiger partial charge in [-0.15, -0.1) is 12.4 Å². The number of hydrogen-bond acceptors (Lipinski definition) is 3. The molecule has 0 radical (unpaired) electrons. The highest BCUT2D eigenvalue weighted by molar-refractivity contribution is 5.93. The zero-order valence-corrected chi connectivity index (χ0v) is 10.8. The third-order valence-electron chi connectivity index (χ3n) is 2.28. The smallest absolute Gasteiger partial charge is 0.303 e. The Labute approximate surface area is 112 Å². The molecule has 100 valence electrons. The molecular weight excluding hydrogens is 256 g/mol. The Bertz CT molecular complexity index is 371. The van der Waals surface area contributed by atoms with Crippen molar-refractivity contribution in [3.05, 3.63) is 30.1 Å². The summed E-state index contributed by atoms with van der Waals surface area (Å²) in [6, 6.07) is 3.41. The lowest BCUT2D eigenvalue weighted by Crippen LogP contribution is -2.24. The van der Waals surface area contributed by atoms with E-state index in [0.29, 0.717) is 18.5 Å². The number of rotatable bonds is 7. The van der Waals surface area contributed by atoms with Crippen LogP contribution in [-0.4, -0.2) is 28.5 Å². The van der Waals surface area contributed by atoms with Crippen molar-refractivity contribution < 1.29 is 14.7 Å². The Balaban J connectivity index is 0.00000289. The SMILES string of the molecule is Cl.O=C(O)CCCCCNC(=O)c1cccnc1. The molecule has 0 aromatic carbocycles. The number of carbonyl (C=O) groups excluding carboxylic acids is 1. The van der Waals surface area contributed by atoms with Crippen LogP contribution in [0.15, 0.2) is 24.5 Å². The van der Waals surface area contributed by atoms with Crippen LogP contribution in [0.3, 0.4) is 0 Å². The summed E-state index contributed by atoms with van der Waals surface area (Å²) in [6.45, 7) is 0.563. The Hall–Kier alpha value is -1.62. The molecule has 0 aliphatic heterocycles. The maximum absolute atomic E-state index is 11.5. The van der Waals surface area contributed by atoms with Crippen LogP contribution in [0.1, 0.15) is 36.0 Å². The van der Waals surface area contributed by atoms with Crippen molar-refractivity contribution in [1.82, 2.24) is 10.3 Å². The largest absolute Gasteiger partial charge is 0.481 e. The summed E-state index contributed by atoms with van der Waals surface area (Å²) in [5.41, 5.74) is 0.540. The van der Waals surface area contributed by atoms with E-state index in [0.717, 1.165) is 12.8 Å². The molecule has 1 aromatic heterocycles. The summed E-state index contributed by atoms with van der Waals surface area (Å²) in [4.78, 5) is 25.6. The maximum atomic E-state index is 11.5. The standard InChI is InChI=1S/C12H16N2O3.ClH/c15-11(16)6-2-1-3-8-14-12(17)10-5-4-7-13-9-10;/h4-5,7,9H,1-3,6,8H2,(H,14,17)(H,15,16);1H. The molecule has 0 fully saturated rings. The molecule has 0 bridgehead atoms. The van der Waals surface area contributed by atoms with Gasteiger partial charge >= 0.3 is 5.97 Å². The minimum absolute atomic E-state index is 0. The van der Waals surface area contributed by atoms with Gasteiger partial charge in [0.2, 0.25) is 0 Å². The van der Waals surface area contributed by atoms with E-state index in [1.165, 1.54) is 6.20 Å². The normalized spacial score (nSPS) is 9.33. The quantitative estimate of drug-likeness (QED) is 0.743. The zero-order valence-electron chi connectivity index (χ0n) is 9.96. The Morgan fingerprint density at radius 3 is 2.67 bits per heavy atom. The number of aromatic nitrogens is 1. The fourth-order valence-corrected chi connectivity index (χ4v) is 1.38. The Kier molecular flexibility index (Phi) is 8.57. The first kappa shape index (κ1) is 16.4. The molecule has 0 saturated heterocycles. The first-order valence-electron chi connectivity index (χ1n) is 5.60. The van der Waals surface area contributed by atoms with Gasteiger partial charge < -0.3 is 10.4 Å². The Morgan fingerprint density at radius 1 is 1.28 bits per heavy atom. The number of hydrogen-bond donors (Lipinski definition) is 2. The number of carboxylic acid groups (broad SMARTS) is 1. The third kappa shape index (κ3) is 6.85. The number of carboxylic acids is 1. The van der Waals surface area contributed by atoms with E-state index in [4.69, 9.17) is 5.11 Å². The molecule has 5 nitrogen and oxygen atoms in total. The van der Waals surface area contributed by atoms with E-state index in [1.54, 1.807) is 18.3 Å². The summed E-state index contributed by atoms with van der Waals surface area (Å²) >= 11 is 0. The van der Waals surface area contributed by atoms with Crippen LogP contribution in [0, 0.1) is 0 Å². The molecule has 1 heterocycles. The highest BCUT2D eigenvalue weighted by Crippen LogP contribution is 1.99. The monoisotopic (exact) mass is 272 g/mol. The third-order valence-corrected chi connectivity index (χ3v) is 2.28. The van der Waals surface area contributed by atoms with E-state index >= 15 is 0 Å². The minimum Gasteiger partial charge on any atom is -0.481 e. The molecule has 1 rings (SSSR count). The molecule has 18 heavy (non-hydrogen) atoms. The lowest BCUT2D eigenvalue weighted by molar-refractivity contribution is -0.137. The summed E-state index contributed by atoms with van der Waals surface area (Å²) < 4.78 is 0. The van der Waals surface area contributed by atoms with Crippen LogP contribution >= 0.6 is 12.4 Å². The van der Waals surface area contributed by atoms with Crippen LogP contribution < -0.4 is 5.32 Å².